The van der Waals surface area contributed by atoms with Crippen LogP contribution in [0.2, 0.25) is 10.0 Å². The summed E-state index contributed by atoms with van der Waals surface area (Å²) >= 11 is 11.8. The van der Waals surface area contributed by atoms with Gasteiger partial charge in [-0.05, 0) is 54.4 Å². The standard InChI is InChI=1S/C21H18Cl2N4O4S/c1-2-19(14-3-5-15(22)6-4-14)24-25-20-12-11-18(27(28)29)13-21(20)32(30,31)26-17-9-7-16(23)8-10-17/h3-13,25-26H,2H2,1H3/b24-19-. The van der Waals surface area contributed by atoms with Crippen LogP contribution in [0, 0.1) is 10.1 Å². The molecule has 0 radical (unpaired) electrons. The predicted molar refractivity (Wildman–Crippen MR) is 127 cm³/mol. The van der Waals surface area contributed by atoms with E-state index in [0.717, 1.165) is 11.6 Å². The number of anilines is 2. The van der Waals surface area contributed by atoms with Gasteiger partial charge in [0, 0.05) is 27.9 Å². The lowest BCUT2D eigenvalue weighted by Gasteiger charge is -2.13. The summed E-state index contributed by atoms with van der Waals surface area (Å²) in [5.41, 5.74) is 4.15. The third-order valence-electron chi connectivity index (χ3n) is 4.39. The highest BCUT2D eigenvalue weighted by atomic mass is 35.5. The zero-order valence-corrected chi connectivity index (χ0v) is 19.1. The van der Waals surface area contributed by atoms with Crippen molar-refractivity contribution in [2.75, 3.05) is 10.1 Å². The molecule has 3 aromatic rings. The normalized spacial score (nSPS) is 11.8. The van der Waals surface area contributed by atoms with Gasteiger partial charge in [-0.3, -0.25) is 20.3 Å². The zero-order valence-electron chi connectivity index (χ0n) is 16.7. The Balaban J connectivity index is 1.99. The Morgan fingerprint density at radius 1 is 1.00 bits per heavy atom. The van der Waals surface area contributed by atoms with Crippen LogP contribution >= 0.6 is 23.2 Å². The predicted octanol–water partition coefficient (Wildman–Crippen LogP) is 5.93. The lowest BCUT2D eigenvalue weighted by molar-refractivity contribution is -0.385. The Bertz CT molecular complexity index is 1260. The Morgan fingerprint density at radius 2 is 1.59 bits per heavy atom. The second-order valence-corrected chi connectivity index (χ2v) is 9.10. The largest absolute Gasteiger partial charge is 0.280 e. The summed E-state index contributed by atoms with van der Waals surface area (Å²) in [7, 11) is -4.18. The number of nitrogens with one attached hydrogen (secondary N) is 2. The van der Waals surface area contributed by atoms with Crippen LogP contribution in [0.5, 0.6) is 0 Å². The van der Waals surface area contributed by atoms with Gasteiger partial charge in [0.2, 0.25) is 0 Å². The molecule has 3 rings (SSSR count). The molecule has 166 valence electrons. The van der Waals surface area contributed by atoms with E-state index in [1.807, 2.05) is 6.92 Å². The van der Waals surface area contributed by atoms with Gasteiger partial charge in [-0.25, -0.2) is 8.42 Å². The molecule has 32 heavy (non-hydrogen) atoms. The molecule has 11 heteroatoms. The van der Waals surface area contributed by atoms with Crippen LogP contribution in [-0.2, 0) is 10.0 Å². The van der Waals surface area contributed by atoms with Crippen molar-refractivity contribution in [1.29, 1.82) is 0 Å². The number of benzene rings is 3. The Labute approximate surface area is 195 Å². The van der Waals surface area contributed by atoms with Crippen molar-refractivity contribution in [1.82, 2.24) is 0 Å². The van der Waals surface area contributed by atoms with Gasteiger partial charge in [-0.1, -0.05) is 42.3 Å². The summed E-state index contributed by atoms with van der Waals surface area (Å²) in [6.07, 6.45) is 0.548. The third kappa shape index (κ3) is 5.76. The number of halogens is 2. The number of nitrogens with zero attached hydrogens (tertiary/aromatic N) is 2. The van der Waals surface area contributed by atoms with Crippen molar-refractivity contribution in [2.45, 2.75) is 18.2 Å². The van der Waals surface area contributed by atoms with Crippen LogP contribution in [0.15, 0.2) is 76.7 Å². The topological polar surface area (TPSA) is 114 Å². The molecule has 0 saturated carbocycles. The first kappa shape index (κ1) is 23.5. The molecule has 0 aliphatic rings. The quantitative estimate of drug-likeness (QED) is 0.229. The minimum absolute atomic E-state index is 0.0805. The van der Waals surface area contributed by atoms with E-state index in [1.54, 1.807) is 24.3 Å². The van der Waals surface area contributed by atoms with Crippen LogP contribution < -0.4 is 10.1 Å². The van der Waals surface area contributed by atoms with Crippen LogP contribution in [0.25, 0.3) is 0 Å². The van der Waals surface area contributed by atoms with Gasteiger partial charge >= 0.3 is 0 Å². The molecular weight excluding hydrogens is 475 g/mol. The van der Waals surface area contributed by atoms with E-state index in [2.05, 4.69) is 15.2 Å². The molecule has 0 bridgehead atoms. The summed E-state index contributed by atoms with van der Waals surface area (Å²) in [6, 6.07) is 16.5. The maximum Gasteiger partial charge on any atom is 0.270 e. The number of rotatable bonds is 8. The molecule has 0 spiro atoms. The maximum atomic E-state index is 13.0. The van der Waals surface area contributed by atoms with Gasteiger partial charge in [0.05, 0.1) is 16.3 Å². The minimum Gasteiger partial charge on any atom is -0.280 e. The molecule has 3 aromatic carbocycles. The fourth-order valence-corrected chi connectivity index (χ4v) is 4.27. The molecule has 0 aromatic heterocycles. The second-order valence-electron chi connectivity index (χ2n) is 6.58. The Hall–Kier alpha value is -3.14. The van der Waals surface area contributed by atoms with Gasteiger partial charge in [0.25, 0.3) is 15.7 Å². The van der Waals surface area contributed by atoms with Gasteiger partial charge in [-0.2, -0.15) is 5.10 Å². The minimum atomic E-state index is -4.18. The second kappa shape index (κ2) is 9.99. The van der Waals surface area contributed by atoms with Gasteiger partial charge < -0.3 is 0 Å². The lowest BCUT2D eigenvalue weighted by atomic mass is 10.1. The summed E-state index contributed by atoms with van der Waals surface area (Å²) in [4.78, 5) is 10.2. The first-order valence-corrected chi connectivity index (χ1v) is 11.6. The molecule has 0 heterocycles. The number of sulfonamides is 1. The molecule has 0 saturated heterocycles. The van der Waals surface area contributed by atoms with Crippen LogP contribution in [0.1, 0.15) is 18.9 Å². The smallest absolute Gasteiger partial charge is 0.270 e. The molecule has 0 atom stereocenters. The molecule has 0 aliphatic carbocycles. The average Bonchev–Trinajstić information content (AvgIpc) is 2.76. The molecular formula is C21H18Cl2N4O4S. The van der Waals surface area contributed by atoms with Crippen LogP contribution in [0.4, 0.5) is 17.1 Å². The fraction of sp³-hybridized carbons (Fsp3) is 0.0952. The van der Waals surface area contributed by atoms with Crippen molar-refractivity contribution in [2.24, 2.45) is 5.10 Å². The van der Waals surface area contributed by atoms with Gasteiger partial charge in [-0.15, -0.1) is 0 Å². The Kier molecular flexibility index (Phi) is 7.34. The SMILES string of the molecule is CC/C(=N/Nc1ccc([N+](=O)[O-])cc1S(=O)(=O)Nc1ccc(Cl)cc1)c1ccc(Cl)cc1. The molecule has 2 N–H and O–H groups in total. The van der Waals surface area contributed by atoms with Crippen molar-refractivity contribution < 1.29 is 13.3 Å². The fourth-order valence-electron chi connectivity index (χ4n) is 2.79. The van der Waals surface area contributed by atoms with E-state index >= 15 is 0 Å². The number of nitro groups is 1. The molecule has 8 nitrogen and oxygen atoms in total. The van der Waals surface area contributed by atoms with Gasteiger partial charge in [0.1, 0.15) is 4.90 Å². The summed E-state index contributed by atoms with van der Waals surface area (Å²) in [5.74, 6) is 0. The number of hydrogen-bond donors (Lipinski definition) is 2. The number of hydrogen-bond acceptors (Lipinski definition) is 6. The zero-order chi connectivity index (χ0) is 23.3. The highest BCUT2D eigenvalue weighted by Crippen LogP contribution is 2.29. The average molecular weight is 493 g/mol. The number of hydrazone groups is 1. The summed E-state index contributed by atoms with van der Waals surface area (Å²) in [5, 5.41) is 16.6. The van der Waals surface area contributed by atoms with E-state index in [0.29, 0.717) is 22.2 Å². The first-order valence-electron chi connectivity index (χ1n) is 9.35. The highest BCUT2D eigenvalue weighted by molar-refractivity contribution is 7.92. The van der Waals surface area contributed by atoms with Crippen LogP contribution in [0.3, 0.4) is 0 Å². The van der Waals surface area contributed by atoms with E-state index in [9.17, 15) is 18.5 Å². The van der Waals surface area contributed by atoms with Crippen molar-refractivity contribution in [3.63, 3.8) is 0 Å². The highest BCUT2D eigenvalue weighted by Gasteiger charge is 2.23. The first-order chi connectivity index (χ1) is 15.2. The molecule has 0 unspecified atom stereocenters. The van der Waals surface area contributed by atoms with Crippen molar-refractivity contribution in [3.8, 4) is 0 Å². The van der Waals surface area contributed by atoms with E-state index in [1.165, 1.54) is 36.4 Å². The van der Waals surface area contributed by atoms with E-state index in [4.69, 9.17) is 23.2 Å². The third-order valence-corrected chi connectivity index (χ3v) is 6.31. The maximum absolute atomic E-state index is 13.0. The van der Waals surface area contributed by atoms with Crippen LogP contribution in [-0.4, -0.2) is 19.1 Å². The van der Waals surface area contributed by atoms with E-state index < -0.39 is 14.9 Å². The lowest BCUT2D eigenvalue weighted by Crippen LogP contribution is -2.15. The van der Waals surface area contributed by atoms with Crippen molar-refractivity contribution >= 4 is 56.0 Å². The monoisotopic (exact) mass is 492 g/mol. The summed E-state index contributed by atoms with van der Waals surface area (Å²) in [6.45, 7) is 1.89. The number of non-ortho nitro benzene ring substituents is 1. The van der Waals surface area contributed by atoms with Gasteiger partial charge in [0.15, 0.2) is 0 Å². The Morgan fingerprint density at radius 3 is 2.16 bits per heavy atom. The van der Waals surface area contributed by atoms with E-state index in [-0.39, 0.29) is 22.0 Å². The summed E-state index contributed by atoms with van der Waals surface area (Å²) < 4.78 is 28.5. The number of nitro benzene ring substituents is 1. The molecule has 0 amide bonds. The van der Waals surface area contributed by atoms with Crippen molar-refractivity contribution in [3.05, 3.63) is 92.5 Å². The molecule has 0 fully saturated rings. The molecule has 0 aliphatic heterocycles.